The van der Waals surface area contributed by atoms with Gasteiger partial charge in [0, 0.05) is 13.2 Å². The van der Waals surface area contributed by atoms with Crippen molar-refractivity contribution in [2.75, 3.05) is 18.5 Å². The average Bonchev–Trinajstić information content (AvgIpc) is 2.87. The highest BCUT2D eigenvalue weighted by molar-refractivity contribution is 9.10. The minimum absolute atomic E-state index is 0.170. The third-order valence-electron chi connectivity index (χ3n) is 2.77. The Labute approximate surface area is 114 Å². The van der Waals surface area contributed by atoms with Crippen molar-refractivity contribution in [1.29, 1.82) is 0 Å². The molecule has 1 atom stereocenters. The molecule has 0 amide bonds. The number of anilines is 1. The Morgan fingerprint density at radius 3 is 3.22 bits per heavy atom. The van der Waals surface area contributed by atoms with Crippen LogP contribution >= 0.6 is 15.9 Å². The molecular weight excluding hydrogens is 298 g/mol. The van der Waals surface area contributed by atoms with Gasteiger partial charge in [0.1, 0.15) is 11.0 Å². The maximum atomic E-state index is 11.9. The summed E-state index contributed by atoms with van der Waals surface area (Å²) in [5, 5.41) is 7.17. The van der Waals surface area contributed by atoms with Crippen LogP contribution in [0.4, 0.5) is 5.69 Å². The Hall–Kier alpha value is -1.32. The van der Waals surface area contributed by atoms with Crippen molar-refractivity contribution in [2.24, 2.45) is 0 Å². The Morgan fingerprint density at radius 2 is 2.56 bits per heavy atom. The molecule has 1 aromatic heterocycles. The van der Waals surface area contributed by atoms with Crippen molar-refractivity contribution in [3.63, 3.8) is 0 Å². The highest BCUT2D eigenvalue weighted by atomic mass is 79.9. The van der Waals surface area contributed by atoms with Crippen LogP contribution in [0, 0.1) is 12.3 Å². The predicted octanol–water partition coefficient (Wildman–Crippen LogP) is 1.23. The number of nitrogens with one attached hydrogen (secondary N) is 1. The van der Waals surface area contributed by atoms with Crippen LogP contribution in [0.25, 0.3) is 0 Å². The minimum Gasteiger partial charge on any atom is -0.380 e. The number of ether oxygens (including phenoxy) is 1. The van der Waals surface area contributed by atoms with Crippen LogP contribution in [-0.2, 0) is 11.3 Å². The minimum atomic E-state index is -0.231. The Kier molecular flexibility index (Phi) is 4.39. The molecule has 1 unspecified atom stereocenters. The van der Waals surface area contributed by atoms with E-state index in [1.54, 1.807) is 6.20 Å². The second kappa shape index (κ2) is 6.03. The van der Waals surface area contributed by atoms with Gasteiger partial charge >= 0.3 is 0 Å². The fourth-order valence-electron chi connectivity index (χ4n) is 1.82. The number of terminal acetylenes is 1. The molecule has 0 saturated carbocycles. The molecule has 1 aliphatic rings. The largest absolute Gasteiger partial charge is 0.380 e. The molecule has 2 heterocycles. The van der Waals surface area contributed by atoms with Gasteiger partial charge in [-0.25, -0.2) is 4.68 Å². The van der Waals surface area contributed by atoms with E-state index in [0.29, 0.717) is 16.7 Å². The summed E-state index contributed by atoms with van der Waals surface area (Å²) >= 11 is 3.27. The number of hydrogen-bond acceptors (Lipinski definition) is 4. The summed E-state index contributed by atoms with van der Waals surface area (Å²) in [5.74, 6) is 2.39. The van der Waals surface area contributed by atoms with Crippen molar-refractivity contribution in [3.05, 3.63) is 21.0 Å². The SMILES string of the molecule is C#CCn1ncc(NCC2CCCO2)c(Br)c1=O. The topological polar surface area (TPSA) is 56.1 Å². The van der Waals surface area contributed by atoms with Gasteiger partial charge in [0.2, 0.25) is 0 Å². The van der Waals surface area contributed by atoms with Gasteiger partial charge < -0.3 is 10.1 Å². The standard InChI is InChI=1S/C12H14BrN3O2/c1-2-5-16-12(17)11(13)10(8-15-16)14-7-9-4-3-6-18-9/h1,8-9,14H,3-7H2. The lowest BCUT2D eigenvalue weighted by molar-refractivity contribution is 0.120. The summed E-state index contributed by atoms with van der Waals surface area (Å²) in [6.07, 6.45) is 9.11. The van der Waals surface area contributed by atoms with E-state index in [1.807, 2.05) is 0 Å². The van der Waals surface area contributed by atoms with Crippen LogP contribution < -0.4 is 10.9 Å². The molecule has 1 N–H and O–H groups in total. The number of halogens is 1. The molecular formula is C12H14BrN3O2. The van der Waals surface area contributed by atoms with E-state index in [4.69, 9.17) is 11.2 Å². The van der Waals surface area contributed by atoms with Crippen LogP contribution in [0.2, 0.25) is 0 Å². The number of nitrogens with zero attached hydrogens (tertiary/aromatic N) is 2. The van der Waals surface area contributed by atoms with Gasteiger partial charge in [0.25, 0.3) is 5.56 Å². The number of rotatable bonds is 4. The summed E-state index contributed by atoms with van der Waals surface area (Å²) in [7, 11) is 0. The van der Waals surface area contributed by atoms with Gasteiger partial charge in [-0.2, -0.15) is 5.10 Å². The molecule has 1 aromatic rings. The molecule has 18 heavy (non-hydrogen) atoms. The molecule has 0 bridgehead atoms. The second-order valence-corrected chi connectivity index (χ2v) is 4.85. The van der Waals surface area contributed by atoms with Crippen molar-refractivity contribution in [2.45, 2.75) is 25.5 Å². The molecule has 0 radical (unpaired) electrons. The summed E-state index contributed by atoms with van der Waals surface area (Å²) in [5.41, 5.74) is 0.439. The van der Waals surface area contributed by atoms with E-state index in [1.165, 1.54) is 4.68 Å². The molecule has 5 nitrogen and oxygen atoms in total. The van der Waals surface area contributed by atoms with E-state index in [-0.39, 0.29) is 18.2 Å². The predicted molar refractivity (Wildman–Crippen MR) is 72.5 cm³/mol. The lowest BCUT2D eigenvalue weighted by Crippen LogP contribution is -2.26. The first-order valence-electron chi connectivity index (χ1n) is 5.77. The highest BCUT2D eigenvalue weighted by Gasteiger charge is 2.16. The van der Waals surface area contributed by atoms with Gasteiger partial charge in [-0.15, -0.1) is 6.42 Å². The van der Waals surface area contributed by atoms with E-state index >= 15 is 0 Å². The zero-order valence-electron chi connectivity index (χ0n) is 9.86. The smallest absolute Gasteiger partial charge is 0.284 e. The molecule has 1 saturated heterocycles. The number of hydrogen-bond donors (Lipinski definition) is 1. The Morgan fingerprint density at radius 1 is 1.72 bits per heavy atom. The van der Waals surface area contributed by atoms with Gasteiger partial charge in [-0.1, -0.05) is 5.92 Å². The molecule has 0 aromatic carbocycles. The first-order valence-corrected chi connectivity index (χ1v) is 6.56. The quantitative estimate of drug-likeness (QED) is 0.850. The van der Waals surface area contributed by atoms with Crippen molar-refractivity contribution in [3.8, 4) is 12.3 Å². The summed E-state index contributed by atoms with van der Waals surface area (Å²) in [6, 6.07) is 0. The van der Waals surface area contributed by atoms with Crippen LogP contribution in [-0.4, -0.2) is 29.0 Å². The molecule has 6 heteroatoms. The van der Waals surface area contributed by atoms with E-state index < -0.39 is 0 Å². The molecule has 0 aliphatic carbocycles. The van der Waals surface area contributed by atoms with Gasteiger partial charge in [-0.3, -0.25) is 4.79 Å². The maximum Gasteiger partial charge on any atom is 0.284 e. The molecule has 2 rings (SSSR count). The zero-order valence-corrected chi connectivity index (χ0v) is 11.4. The fourth-order valence-corrected chi connectivity index (χ4v) is 2.26. The summed E-state index contributed by atoms with van der Waals surface area (Å²) in [4.78, 5) is 11.9. The van der Waals surface area contributed by atoms with Crippen LogP contribution in [0.1, 0.15) is 12.8 Å². The lowest BCUT2D eigenvalue weighted by Gasteiger charge is -2.13. The molecule has 96 valence electrons. The molecule has 0 spiro atoms. The van der Waals surface area contributed by atoms with Gasteiger partial charge in [0.05, 0.1) is 18.0 Å². The van der Waals surface area contributed by atoms with Crippen LogP contribution in [0.3, 0.4) is 0 Å². The van der Waals surface area contributed by atoms with Crippen molar-refractivity contribution < 1.29 is 4.74 Å². The normalized spacial score (nSPS) is 18.6. The fraction of sp³-hybridized carbons (Fsp3) is 0.500. The Bertz CT molecular complexity index is 515. The average molecular weight is 312 g/mol. The van der Waals surface area contributed by atoms with Gasteiger partial charge in [0.15, 0.2) is 0 Å². The van der Waals surface area contributed by atoms with Crippen LogP contribution in [0.15, 0.2) is 15.5 Å². The monoisotopic (exact) mass is 311 g/mol. The third kappa shape index (κ3) is 2.92. The first-order chi connectivity index (χ1) is 8.72. The van der Waals surface area contributed by atoms with E-state index in [2.05, 4.69) is 32.3 Å². The van der Waals surface area contributed by atoms with Crippen molar-refractivity contribution in [1.82, 2.24) is 9.78 Å². The third-order valence-corrected chi connectivity index (χ3v) is 3.54. The maximum absolute atomic E-state index is 11.9. The van der Waals surface area contributed by atoms with E-state index in [0.717, 1.165) is 19.4 Å². The second-order valence-electron chi connectivity index (χ2n) is 4.06. The van der Waals surface area contributed by atoms with Gasteiger partial charge in [-0.05, 0) is 28.8 Å². The van der Waals surface area contributed by atoms with Crippen molar-refractivity contribution >= 4 is 21.6 Å². The molecule has 1 aliphatic heterocycles. The summed E-state index contributed by atoms with van der Waals surface area (Å²) < 4.78 is 7.19. The first kappa shape index (κ1) is 13.1. The van der Waals surface area contributed by atoms with Crippen LogP contribution in [0.5, 0.6) is 0 Å². The number of aromatic nitrogens is 2. The highest BCUT2D eigenvalue weighted by Crippen LogP contribution is 2.18. The molecule has 1 fully saturated rings. The van der Waals surface area contributed by atoms with E-state index in [9.17, 15) is 4.79 Å². The summed E-state index contributed by atoms with van der Waals surface area (Å²) in [6.45, 7) is 1.66. The Balaban J connectivity index is 2.07. The zero-order chi connectivity index (χ0) is 13.0. The lowest BCUT2D eigenvalue weighted by atomic mass is 10.2.